The number of carbonyl (C=O) groups is 2. The van der Waals surface area contributed by atoms with Crippen molar-refractivity contribution in [2.45, 2.75) is 0 Å². The van der Waals surface area contributed by atoms with Crippen molar-refractivity contribution in [2.24, 2.45) is 5.84 Å². The third-order valence-electron chi connectivity index (χ3n) is 1.53. The summed E-state index contributed by atoms with van der Waals surface area (Å²) in [4.78, 5) is 21.4. The summed E-state index contributed by atoms with van der Waals surface area (Å²) in [7, 11) is 0. The fourth-order valence-corrected chi connectivity index (χ4v) is 0.951. The molecule has 1 aromatic carbocycles. The minimum atomic E-state index is -0.819. The minimum Gasteiger partial charge on any atom is -0.298 e. The van der Waals surface area contributed by atoms with Crippen LogP contribution in [-0.2, 0) is 0 Å². The Labute approximate surface area is 73.5 Å². The molecule has 0 aromatic heterocycles. The van der Waals surface area contributed by atoms with Crippen molar-refractivity contribution in [2.75, 3.05) is 0 Å². The highest BCUT2D eigenvalue weighted by atomic mass is 19.1. The van der Waals surface area contributed by atoms with Crippen molar-refractivity contribution >= 4 is 12.2 Å². The van der Waals surface area contributed by atoms with Gasteiger partial charge in [-0.2, -0.15) is 0 Å². The maximum atomic E-state index is 13.0. The van der Waals surface area contributed by atoms with E-state index in [1.807, 2.05) is 0 Å². The molecule has 0 atom stereocenters. The number of nitrogen functional groups attached to an aromatic ring is 1. The molecule has 0 bridgehead atoms. The molecule has 68 valence electrons. The van der Waals surface area contributed by atoms with Gasteiger partial charge in [-0.15, -0.1) is 0 Å². The lowest BCUT2D eigenvalue weighted by atomic mass is 10.1. The highest BCUT2D eigenvalue weighted by molar-refractivity contribution is 6.01. The van der Waals surface area contributed by atoms with Crippen molar-refractivity contribution in [3.8, 4) is 0 Å². The van der Waals surface area contributed by atoms with Crippen molar-refractivity contribution in [3.05, 3.63) is 35.1 Å². The molecule has 3 N–H and O–H groups in total. The zero-order valence-corrected chi connectivity index (χ0v) is 6.58. The number of amides is 1. The average Bonchev–Trinajstić information content (AvgIpc) is 2.16. The molecular formula is C8H7FN2O2. The lowest BCUT2D eigenvalue weighted by Crippen LogP contribution is -2.31. The molecule has 0 aliphatic rings. The third kappa shape index (κ3) is 1.70. The molecule has 0 saturated heterocycles. The zero-order chi connectivity index (χ0) is 9.84. The molecule has 4 nitrogen and oxygen atoms in total. The van der Waals surface area contributed by atoms with Crippen LogP contribution in [0.5, 0.6) is 0 Å². The molecule has 1 rings (SSSR count). The van der Waals surface area contributed by atoms with E-state index in [2.05, 4.69) is 0 Å². The van der Waals surface area contributed by atoms with Crippen LogP contribution in [0.25, 0.3) is 0 Å². The van der Waals surface area contributed by atoms with Crippen molar-refractivity contribution < 1.29 is 14.0 Å². The fraction of sp³-hybridized carbons (Fsp3) is 0. The van der Waals surface area contributed by atoms with E-state index in [4.69, 9.17) is 5.84 Å². The van der Waals surface area contributed by atoms with Crippen molar-refractivity contribution in [3.63, 3.8) is 0 Å². The van der Waals surface area contributed by atoms with E-state index in [9.17, 15) is 14.0 Å². The summed E-state index contributed by atoms with van der Waals surface area (Å²) in [6.45, 7) is 0. The quantitative estimate of drug-likeness (QED) is 0.298. The Morgan fingerprint density at radius 1 is 1.54 bits per heavy atom. The number of hydrogen-bond acceptors (Lipinski definition) is 3. The molecule has 0 unspecified atom stereocenters. The van der Waals surface area contributed by atoms with E-state index in [1.165, 1.54) is 12.1 Å². The van der Waals surface area contributed by atoms with Gasteiger partial charge in [0.25, 0.3) is 5.91 Å². The number of hydrogen-bond donors (Lipinski definition) is 2. The first-order chi connectivity index (χ1) is 6.20. The number of nitrogens with one attached hydrogen (secondary N) is 1. The second-order valence-corrected chi connectivity index (χ2v) is 2.30. The second kappa shape index (κ2) is 3.77. The van der Waals surface area contributed by atoms with Gasteiger partial charge in [0.15, 0.2) is 6.29 Å². The van der Waals surface area contributed by atoms with Crippen LogP contribution < -0.4 is 11.3 Å². The Bertz CT molecular complexity index is 352. The van der Waals surface area contributed by atoms with Gasteiger partial charge >= 0.3 is 0 Å². The minimum absolute atomic E-state index is 0.0250. The third-order valence-corrected chi connectivity index (χ3v) is 1.53. The molecule has 1 amide bonds. The number of rotatable bonds is 2. The van der Waals surface area contributed by atoms with E-state index < -0.39 is 11.7 Å². The molecule has 0 radical (unpaired) electrons. The van der Waals surface area contributed by atoms with Crippen LogP contribution in [0, 0.1) is 5.82 Å². The van der Waals surface area contributed by atoms with Crippen LogP contribution in [0.4, 0.5) is 4.39 Å². The summed E-state index contributed by atoms with van der Waals surface area (Å²) in [5.74, 6) is 3.22. The second-order valence-electron chi connectivity index (χ2n) is 2.30. The van der Waals surface area contributed by atoms with Gasteiger partial charge in [0, 0.05) is 5.56 Å². The largest absolute Gasteiger partial charge is 0.298 e. The Morgan fingerprint density at radius 3 is 2.77 bits per heavy atom. The predicted octanol–water partition coefficient (Wildman–Crippen LogP) is 0.242. The van der Waals surface area contributed by atoms with E-state index in [1.54, 1.807) is 5.43 Å². The standard InChI is InChI=1S/C8H7FN2O2/c9-6-3-1-2-5(4-12)7(6)8(13)11-10/h1-4H,10H2,(H,11,13). The van der Waals surface area contributed by atoms with Gasteiger partial charge in [0.1, 0.15) is 5.82 Å². The SMILES string of the molecule is NNC(=O)c1c(F)cccc1C=O. The Balaban J connectivity index is 3.30. The van der Waals surface area contributed by atoms with Crippen LogP contribution in [0.1, 0.15) is 20.7 Å². The smallest absolute Gasteiger partial charge is 0.268 e. The molecule has 0 saturated carbocycles. The molecular weight excluding hydrogens is 175 g/mol. The van der Waals surface area contributed by atoms with Gasteiger partial charge in [0.05, 0.1) is 5.56 Å². The van der Waals surface area contributed by atoms with Gasteiger partial charge in [-0.3, -0.25) is 15.0 Å². The Kier molecular flexibility index (Phi) is 2.71. The van der Waals surface area contributed by atoms with E-state index in [-0.39, 0.29) is 11.1 Å². The Morgan fingerprint density at radius 2 is 2.23 bits per heavy atom. The highest BCUT2D eigenvalue weighted by Gasteiger charge is 2.14. The van der Waals surface area contributed by atoms with Crippen molar-refractivity contribution in [1.82, 2.24) is 5.43 Å². The monoisotopic (exact) mass is 182 g/mol. The van der Waals surface area contributed by atoms with Crippen LogP contribution in [0.2, 0.25) is 0 Å². The summed E-state index contributed by atoms with van der Waals surface area (Å²) in [5.41, 5.74) is 1.40. The normalized spacial score (nSPS) is 9.38. The lowest BCUT2D eigenvalue weighted by molar-refractivity contribution is 0.0944. The molecule has 0 aliphatic carbocycles. The lowest BCUT2D eigenvalue weighted by Gasteiger charge is -2.03. The molecule has 0 heterocycles. The summed E-state index contributed by atoms with van der Waals surface area (Å²) >= 11 is 0. The maximum absolute atomic E-state index is 13.0. The summed E-state index contributed by atoms with van der Waals surface area (Å²) < 4.78 is 13.0. The first kappa shape index (κ1) is 9.34. The van der Waals surface area contributed by atoms with Gasteiger partial charge in [-0.25, -0.2) is 10.2 Å². The van der Waals surface area contributed by atoms with Crippen LogP contribution in [0.3, 0.4) is 0 Å². The topological polar surface area (TPSA) is 72.2 Å². The molecule has 0 spiro atoms. The first-order valence-corrected chi connectivity index (χ1v) is 3.45. The number of nitrogens with two attached hydrogens (primary N) is 1. The zero-order valence-electron chi connectivity index (χ0n) is 6.58. The summed E-state index contributed by atoms with van der Waals surface area (Å²) in [6, 6.07) is 3.75. The summed E-state index contributed by atoms with van der Waals surface area (Å²) in [5, 5.41) is 0. The Hall–Kier alpha value is -1.75. The molecule has 0 fully saturated rings. The highest BCUT2D eigenvalue weighted by Crippen LogP contribution is 2.10. The number of halogens is 1. The van der Waals surface area contributed by atoms with E-state index in [0.29, 0.717) is 6.29 Å². The van der Waals surface area contributed by atoms with Gasteiger partial charge in [-0.1, -0.05) is 12.1 Å². The van der Waals surface area contributed by atoms with Gasteiger partial charge < -0.3 is 0 Å². The van der Waals surface area contributed by atoms with Crippen LogP contribution in [0.15, 0.2) is 18.2 Å². The molecule has 1 aromatic rings. The number of benzene rings is 1. The van der Waals surface area contributed by atoms with E-state index in [0.717, 1.165) is 6.07 Å². The van der Waals surface area contributed by atoms with Crippen molar-refractivity contribution in [1.29, 1.82) is 0 Å². The van der Waals surface area contributed by atoms with E-state index >= 15 is 0 Å². The number of hydrazine groups is 1. The average molecular weight is 182 g/mol. The summed E-state index contributed by atoms with van der Waals surface area (Å²) in [6.07, 6.45) is 0.396. The number of carbonyl (C=O) groups excluding carboxylic acids is 2. The predicted molar refractivity (Wildman–Crippen MR) is 43.4 cm³/mol. The van der Waals surface area contributed by atoms with Gasteiger partial charge in [0.2, 0.25) is 0 Å². The fourth-order valence-electron chi connectivity index (χ4n) is 0.951. The molecule has 13 heavy (non-hydrogen) atoms. The molecule has 0 aliphatic heterocycles. The maximum Gasteiger partial charge on any atom is 0.268 e. The van der Waals surface area contributed by atoms with Crippen LogP contribution in [-0.4, -0.2) is 12.2 Å². The first-order valence-electron chi connectivity index (χ1n) is 3.45. The number of aldehydes is 1. The van der Waals surface area contributed by atoms with Gasteiger partial charge in [-0.05, 0) is 6.07 Å². The molecule has 5 heteroatoms. The van der Waals surface area contributed by atoms with Crippen LogP contribution >= 0.6 is 0 Å².